The second kappa shape index (κ2) is 8.51. The van der Waals surface area contributed by atoms with Crippen LogP contribution in [0.3, 0.4) is 0 Å². The van der Waals surface area contributed by atoms with Gasteiger partial charge in [0.25, 0.3) is 0 Å². The summed E-state index contributed by atoms with van der Waals surface area (Å²) < 4.78 is 4.94. The van der Waals surface area contributed by atoms with E-state index in [1.165, 1.54) is 0 Å². The Morgan fingerprint density at radius 2 is 2.17 bits per heavy atom. The van der Waals surface area contributed by atoms with E-state index < -0.39 is 0 Å². The maximum absolute atomic E-state index is 11.7. The number of nitrogens with one attached hydrogen (secondary N) is 1. The van der Waals surface area contributed by atoms with E-state index in [-0.39, 0.29) is 25.0 Å². The lowest BCUT2D eigenvalue weighted by molar-refractivity contribution is -0.117. The number of aliphatic hydroxyl groups is 1. The molecular weight excluding hydrogens is 236 g/mol. The fourth-order valence-electron chi connectivity index (χ4n) is 1.36. The van der Waals surface area contributed by atoms with Gasteiger partial charge in [-0.05, 0) is 6.07 Å². The van der Waals surface area contributed by atoms with Crippen LogP contribution in [0.25, 0.3) is 0 Å². The van der Waals surface area contributed by atoms with E-state index in [2.05, 4.69) is 15.3 Å². The van der Waals surface area contributed by atoms with Gasteiger partial charge in [0.2, 0.25) is 11.9 Å². The fraction of sp³-hybridized carbons (Fsp3) is 0.545. The smallest absolute Gasteiger partial charge is 0.240 e. The number of methoxy groups -OCH3 is 1. The lowest BCUT2D eigenvalue weighted by Crippen LogP contribution is -2.37. The molecule has 0 spiro atoms. The number of carbonyl (C=O) groups excluding carboxylic acids is 1. The number of hydrogen-bond acceptors (Lipinski definition) is 6. The largest absolute Gasteiger partial charge is 0.395 e. The van der Waals surface area contributed by atoms with Crippen LogP contribution in [0.15, 0.2) is 18.5 Å². The third-order valence-corrected chi connectivity index (χ3v) is 2.21. The average Bonchev–Trinajstić information content (AvgIpc) is 2.37. The highest BCUT2D eigenvalue weighted by atomic mass is 16.5. The monoisotopic (exact) mass is 254 g/mol. The molecule has 0 aliphatic heterocycles. The third-order valence-electron chi connectivity index (χ3n) is 2.21. The van der Waals surface area contributed by atoms with Crippen LogP contribution < -0.4 is 5.32 Å². The highest BCUT2D eigenvalue weighted by Crippen LogP contribution is 1.95. The van der Waals surface area contributed by atoms with Gasteiger partial charge in [-0.1, -0.05) is 0 Å². The Hall–Kier alpha value is -1.57. The number of aromatic nitrogens is 2. The lowest BCUT2D eigenvalue weighted by atomic mass is 10.4. The van der Waals surface area contributed by atoms with Crippen LogP contribution in [0.2, 0.25) is 0 Å². The number of aliphatic hydroxyl groups excluding tert-OH is 1. The van der Waals surface area contributed by atoms with Crippen molar-refractivity contribution in [2.45, 2.75) is 0 Å². The number of ether oxygens (including phenoxy) is 1. The van der Waals surface area contributed by atoms with Gasteiger partial charge in [0, 0.05) is 32.6 Å². The van der Waals surface area contributed by atoms with Gasteiger partial charge in [-0.15, -0.1) is 0 Å². The first kappa shape index (κ1) is 14.5. The van der Waals surface area contributed by atoms with Gasteiger partial charge in [-0.25, -0.2) is 9.97 Å². The van der Waals surface area contributed by atoms with Crippen LogP contribution in [0.5, 0.6) is 0 Å². The van der Waals surface area contributed by atoms with Crippen molar-refractivity contribution in [2.75, 3.05) is 45.3 Å². The van der Waals surface area contributed by atoms with Crippen LogP contribution in [0, 0.1) is 0 Å². The van der Waals surface area contributed by atoms with Crippen molar-refractivity contribution in [3.63, 3.8) is 0 Å². The van der Waals surface area contributed by atoms with Crippen molar-refractivity contribution in [1.29, 1.82) is 0 Å². The quantitative estimate of drug-likeness (QED) is 0.641. The van der Waals surface area contributed by atoms with Crippen LogP contribution in [0.4, 0.5) is 5.95 Å². The molecule has 7 heteroatoms. The molecule has 18 heavy (non-hydrogen) atoms. The van der Waals surface area contributed by atoms with E-state index in [1.54, 1.807) is 30.5 Å². The molecule has 0 atom stereocenters. The molecule has 100 valence electrons. The second-order valence-corrected chi connectivity index (χ2v) is 3.61. The van der Waals surface area contributed by atoms with E-state index in [0.717, 1.165) is 0 Å². The summed E-state index contributed by atoms with van der Waals surface area (Å²) in [7, 11) is 1.59. The highest BCUT2D eigenvalue weighted by Gasteiger charge is 2.10. The lowest BCUT2D eigenvalue weighted by Gasteiger charge is -2.19. The molecule has 1 aromatic rings. The molecule has 0 radical (unpaired) electrons. The maximum Gasteiger partial charge on any atom is 0.240 e. The summed E-state index contributed by atoms with van der Waals surface area (Å²) in [6.45, 7) is 1.68. The zero-order valence-electron chi connectivity index (χ0n) is 10.4. The van der Waals surface area contributed by atoms with Crippen molar-refractivity contribution >= 4 is 11.9 Å². The molecule has 0 aliphatic carbocycles. The molecule has 0 aromatic carbocycles. The zero-order valence-corrected chi connectivity index (χ0v) is 10.4. The Bertz CT molecular complexity index is 347. The SMILES string of the molecule is COCCN(CCO)CC(=O)Nc1ncccn1. The third kappa shape index (κ3) is 5.67. The predicted octanol–water partition coefficient (Wildman–Crippen LogP) is -0.644. The summed E-state index contributed by atoms with van der Waals surface area (Å²) in [6.07, 6.45) is 3.11. The Morgan fingerprint density at radius 1 is 1.44 bits per heavy atom. The number of rotatable bonds is 8. The molecule has 0 saturated heterocycles. The molecule has 0 unspecified atom stereocenters. The minimum atomic E-state index is -0.217. The number of nitrogens with zero attached hydrogens (tertiary/aromatic N) is 3. The second-order valence-electron chi connectivity index (χ2n) is 3.61. The van der Waals surface area contributed by atoms with Gasteiger partial charge in [-0.2, -0.15) is 0 Å². The van der Waals surface area contributed by atoms with Crippen molar-refractivity contribution in [2.24, 2.45) is 0 Å². The Morgan fingerprint density at radius 3 is 2.78 bits per heavy atom. The van der Waals surface area contributed by atoms with Crippen molar-refractivity contribution < 1.29 is 14.6 Å². The predicted molar refractivity (Wildman–Crippen MR) is 66.1 cm³/mol. The van der Waals surface area contributed by atoms with Crippen LogP contribution >= 0.6 is 0 Å². The first-order valence-corrected chi connectivity index (χ1v) is 5.65. The van der Waals surface area contributed by atoms with E-state index in [4.69, 9.17) is 9.84 Å². The van der Waals surface area contributed by atoms with Crippen LogP contribution in [-0.2, 0) is 9.53 Å². The molecule has 0 fully saturated rings. The first-order chi connectivity index (χ1) is 8.76. The molecular formula is C11H18N4O3. The van der Waals surface area contributed by atoms with Crippen molar-refractivity contribution in [3.8, 4) is 0 Å². The fourth-order valence-corrected chi connectivity index (χ4v) is 1.36. The molecule has 2 N–H and O–H groups in total. The molecule has 1 heterocycles. The number of hydrogen-bond donors (Lipinski definition) is 2. The van der Waals surface area contributed by atoms with Gasteiger partial charge in [-0.3, -0.25) is 15.0 Å². The van der Waals surface area contributed by atoms with E-state index >= 15 is 0 Å². The van der Waals surface area contributed by atoms with Crippen molar-refractivity contribution in [1.82, 2.24) is 14.9 Å². The molecule has 1 aromatic heterocycles. The molecule has 0 aliphatic rings. The Balaban J connectivity index is 2.40. The van der Waals surface area contributed by atoms with E-state index in [0.29, 0.717) is 19.7 Å². The molecule has 0 saturated carbocycles. The van der Waals surface area contributed by atoms with Gasteiger partial charge in [0.15, 0.2) is 0 Å². The summed E-state index contributed by atoms with van der Waals surface area (Å²) in [4.78, 5) is 21.3. The molecule has 1 amide bonds. The Labute approximate surface area is 106 Å². The van der Waals surface area contributed by atoms with Crippen molar-refractivity contribution in [3.05, 3.63) is 18.5 Å². The highest BCUT2D eigenvalue weighted by molar-refractivity contribution is 5.90. The van der Waals surface area contributed by atoms with Crippen LogP contribution in [-0.4, -0.2) is 65.8 Å². The number of amides is 1. The minimum absolute atomic E-state index is 0.00116. The molecule has 7 nitrogen and oxygen atoms in total. The van der Waals surface area contributed by atoms with Gasteiger partial charge in [0.05, 0.1) is 19.8 Å². The maximum atomic E-state index is 11.7. The first-order valence-electron chi connectivity index (χ1n) is 5.65. The average molecular weight is 254 g/mol. The summed E-state index contributed by atoms with van der Waals surface area (Å²) in [5.74, 6) is 0.0592. The summed E-state index contributed by atoms with van der Waals surface area (Å²) in [5, 5.41) is 11.5. The summed E-state index contributed by atoms with van der Waals surface area (Å²) in [5.41, 5.74) is 0. The van der Waals surface area contributed by atoms with Crippen LogP contribution in [0.1, 0.15) is 0 Å². The molecule has 0 bridgehead atoms. The summed E-state index contributed by atoms with van der Waals surface area (Å²) >= 11 is 0. The zero-order chi connectivity index (χ0) is 13.2. The Kier molecular flexibility index (Phi) is 6.85. The van der Waals surface area contributed by atoms with E-state index in [9.17, 15) is 4.79 Å². The standard InChI is InChI=1S/C11H18N4O3/c1-18-8-6-15(5-7-16)9-10(17)14-11-12-3-2-4-13-11/h2-4,16H,5-9H2,1H3,(H,12,13,14,17). The van der Waals surface area contributed by atoms with Gasteiger partial charge in [0.1, 0.15) is 0 Å². The van der Waals surface area contributed by atoms with Gasteiger partial charge < -0.3 is 9.84 Å². The normalized spacial score (nSPS) is 10.6. The van der Waals surface area contributed by atoms with Gasteiger partial charge >= 0.3 is 0 Å². The number of carbonyl (C=O) groups is 1. The summed E-state index contributed by atoms with van der Waals surface area (Å²) in [6, 6.07) is 1.67. The topological polar surface area (TPSA) is 87.6 Å². The number of anilines is 1. The molecule has 1 rings (SSSR count). The van der Waals surface area contributed by atoms with E-state index in [1.807, 2.05) is 0 Å². The minimum Gasteiger partial charge on any atom is -0.395 e.